The minimum Gasteiger partial charge on any atom is -0.463 e. The number of hydrogen-bond donors (Lipinski definition) is 1. The Labute approximate surface area is 105 Å². The zero-order valence-electron chi connectivity index (χ0n) is 10.5. The summed E-state index contributed by atoms with van der Waals surface area (Å²) in [6.45, 7) is 5.51. The van der Waals surface area contributed by atoms with Crippen LogP contribution in [-0.4, -0.2) is 29.5 Å². The van der Waals surface area contributed by atoms with Crippen LogP contribution in [0.2, 0.25) is 0 Å². The fraction of sp³-hybridized carbons (Fsp3) is 0.583. The van der Waals surface area contributed by atoms with Crippen molar-refractivity contribution in [3.8, 4) is 0 Å². The number of aryl methyl sites for hydroxylation is 1. The molecule has 1 rings (SSSR count). The lowest BCUT2D eigenvalue weighted by Gasteiger charge is -2.12. The maximum absolute atomic E-state index is 11.3. The average molecular weight is 258 g/mol. The summed E-state index contributed by atoms with van der Waals surface area (Å²) in [6, 6.07) is 1.83. The van der Waals surface area contributed by atoms with Crippen molar-refractivity contribution in [3.63, 3.8) is 0 Å². The predicted molar refractivity (Wildman–Crippen MR) is 67.2 cm³/mol. The van der Waals surface area contributed by atoms with Crippen LogP contribution in [0.1, 0.15) is 35.7 Å². The SMILES string of the molecule is COC(=O)c1oc(CSC(C)C(C)O)cc1C. The zero-order valence-corrected chi connectivity index (χ0v) is 11.3. The normalized spacial score (nSPS) is 14.4. The number of hydrogen-bond acceptors (Lipinski definition) is 5. The second-order valence-corrected chi connectivity index (χ2v) is 5.34. The molecule has 0 saturated heterocycles. The Morgan fingerprint density at radius 2 is 2.24 bits per heavy atom. The van der Waals surface area contributed by atoms with Gasteiger partial charge >= 0.3 is 5.97 Å². The number of ether oxygens (including phenoxy) is 1. The first-order valence-corrected chi connectivity index (χ1v) is 6.48. The monoisotopic (exact) mass is 258 g/mol. The van der Waals surface area contributed by atoms with E-state index in [0.29, 0.717) is 5.75 Å². The molecular weight excluding hydrogens is 240 g/mol. The lowest BCUT2D eigenvalue weighted by atomic mass is 10.3. The molecule has 2 unspecified atom stereocenters. The standard InChI is InChI=1S/C12H18O4S/c1-7-5-10(6-17-9(3)8(2)13)16-11(7)12(14)15-4/h5,8-9,13H,6H2,1-4H3. The molecule has 0 spiro atoms. The Bertz CT molecular complexity index is 384. The van der Waals surface area contributed by atoms with E-state index in [9.17, 15) is 9.90 Å². The first-order valence-electron chi connectivity index (χ1n) is 5.43. The van der Waals surface area contributed by atoms with Crippen LogP contribution in [0.3, 0.4) is 0 Å². The highest BCUT2D eigenvalue weighted by Crippen LogP contribution is 2.23. The van der Waals surface area contributed by atoms with E-state index < -0.39 is 5.97 Å². The molecule has 0 aliphatic heterocycles. The predicted octanol–water partition coefficient (Wildman–Crippen LogP) is 2.38. The van der Waals surface area contributed by atoms with E-state index in [-0.39, 0.29) is 17.1 Å². The summed E-state index contributed by atoms with van der Waals surface area (Å²) < 4.78 is 10.0. The molecule has 17 heavy (non-hydrogen) atoms. The molecule has 0 bridgehead atoms. The van der Waals surface area contributed by atoms with E-state index in [1.165, 1.54) is 7.11 Å². The highest BCUT2D eigenvalue weighted by molar-refractivity contribution is 7.99. The topological polar surface area (TPSA) is 59.7 Å². The largest absolute Gasteiger partial charge is 0.463 e. The Kier molecular flexibility index (Phi) is 5.08. The van der Waals surface area contributed by atoms with Gasteiger partial charge in [-0.1, -0.05) is 6.92 Å². The van der Waals surface area contributed by atoms with E-state index in [1.54, 1.807) is 18.7 Å². The molecule has 96 valence electrons. The highest BCUT2D eigenvalue weighted by atomic mass is 32.2. The van der Waals surface area contributed by atoms with Crippen LogP contribution in [0.4, 0.5) is 0 Å². The lowest BCUT2D eigenvalue weighted by Crippen LogP contribution is -2.15. The van der Waals surface area contributed by atoms with Crippen LogP contribution < -0.4 is 0 Å². The molecule has 0 aliphatic rings. The van der Waals surface area contributed by atoms with Crippen molar-refractivity contribution in [2.75, 3.05) is 7.11 Å². The molecule has 1 heterocycles. The summed E-state index contributed by atoms with van der Waals surface area (Å²) in [4.78, 5) is 11.3. The number of aliphatic hydroxyl groups is 1. The van der Waals surface area contributed by atoms with Crippen LogP contribution in [0, 0.1) is 6.92 Å². The van der Waals surface area contributed by atoms with Crippen LogP contribution in [0.15, 0.2) is 10.5 Å². The fourth-order valence-corrected chi connectivity index (χ4v) is 2.12. The third-order valence-electron chi connectivity index (χ3n) is 2.51. The van der Waals surface area contributed by atoms with Crippen molar-refractivity contribution in [3.05, 3.63) is 23.2 Å². The van der Waals surface area contributed by atoms with Crippen molar-refractivity contribution < 1.29 is 19.1 Å². The molecule has 4 nitrogen and oxygen atoms in total. The summed E-state index contributed by atoms with van der Waals surface area (Å²) >= 11 is 1.58. The van der Waals surface area contributed by atoms with Gasteiger partial charge in [0.1, 0.15) is 5.76 Å². The Morgan fingerprint density at radius 1 is 1.59 bits per heavy atom. The van der Waals surface area contributed by atoms with Crippen molar-refractivity contribution in [2.45, 2.75) is 37.9 Å². The molecular formula is C12H18O4S. The summed E-state index contributed by atoms with van der Waals surface area (Å²) in [5.74, 6) is 1.15. The Morgan fingerprint density at radius 3 is 2.76 bits per heavy atom. The van der Waals surface area contributed by atoms with E-state index >= 15 is 0 Å². The van der Waals surface area contributed by atoms with E-state index in [1.807, 2.05) is 19.9 Å². The Balaban J connectivity index is 2.65. The van der Waals surface area contributed by atoms with Gasteiger partial charge in [0.25, 0.3) is 0 Å². The molecule has 2 atom stereocenters. The maximum Gasteiger partial charge on any atom is 0.374 e. The van der Waals surface area contributed by atoms with Crippen LogP contribution in [0.5, 0.6) is 0 Å². The number of methoxy groups -OCH3 is 1. The number of rotatable bonds is 5. The van der Waals surface area contributed by atoms with E-state index in [2.05, 4.69) is 4.74 Å². The first-order chi connectivity index (χ1) is 7.95. The first kappa shape index (κ1) is 14.1. The number of thioether (sulfide) groups is 1. The molecule has 0 aliphatic carbocycles. The van der Waals surface area contributed by atoms with Crippen molar-refractivity contribution >= 4 is 17.7 Å². The number of aliphatic hydroxyl groups excluding tert-OH is 1. The summed E-state index contributed by atoms with van der Waals surface area (Å²) in [5.41, 5.74) is 0.775. The number of furan rings is 1. The molecule has 0 fully saturated rings. The minimum absolute atomic E-state index is 0.127. The van der Waals surface area contributed by atoms with Gasteiger partial charge in [-0.25, -0.2) is 4.79 Å². The van der Waals surface area contributed by atoms with E-state index in [0.717, 1.165) is 11.3 Å². The smallest absolute Gasteiger partial charge is 0.374 e. The second kappa shape index (κ2) is 6.12. The minimum atomic E-state index is -0.456. The molecule has 1 N–H and O–H groups in total. The van der Waals surface area contributed by atoms with Gasteiger partial charge in [0, 0.05) is 10.8 Å². The number of carbonyl (C=O) groups is 1. The van der Waals surface area contributed by atoms with Crippen LogP contribution in [0.25, 0.3) is 0 Å². The van der Waals surface area contributed by atoms with E-state index in [4.69, 9.17) is 4.42 Å². The molecule has 0 amide bonds. The maximum atomic E-state index is 11.3. The summed E-state index contributed by atoms with van der Waals surface area (Å²) in [6.07, 6.45) is -0.365. The fourth-order valence-electron chi connectivity index (χ4n) is 1.27. The van der Waals surface area contributed by atoms with Crippen molar-refractivity contribution in [2.24, 2.45) is 0 Å². The molecule has 0 radical (unpaired) electrons. The van der Waals surface area contributed by atoms with Crippen LogP contribution >= 0.6 is 11.8 Å². The third kappa shape index (κ3) is 3.78. The van der Waals surface area contributed by atoms with Gasteiger partial charge in [-0.2, -0.15) is 0 Å². The number of esters is 1. The van der Waals surface area contributed by atoms with Crippen molar-refractivity contribution in [1.82, 2.24) is 0 Å². The highest BCUT2D eigenvalue weighted by Gasteiger charge is 2.17. The molecule has 1 aromatic heterocycles. The zero-order chi connectivity index (χ0) is 13.0. The lowest BCUT2D eigenvalue weighted by molar-refractivity contribution is 0.0562. The molecule has 1 aromatic rings. The molecule has 0 aromatic carbocycles. The van der Waals surface area contributed by atoms with Crippen LogP contribution in [-0.2, 0) is 10.5 Å². The average Bonchev–Trinajstić information content (AvgIpc) is 2.66. The van der Waals surface area contributed by atoms with Gasteiger partial charge in [-0.05, 0) is 19.9 Å². The summed E-state index contributed by atoms with van der Waals surface area (Å²) in [7, 11) is 1.33. The molecule has 0 saturated carbocycles. The molecule has 5 heteroatoms. The number of carbonyl (C=O) groups excluding carboxylic acids is 1. The summed E-state index contributed by atoms with van der Waals surface area (Å²) in [5, 5.41) is 9.49. The van der Waals surface area contributed by atoms with Gasteiger partial charge in [0.2, 0.25) is 5.76 Å². The van der Waals surface area contributed by atoms with Gasteiger partial charge in [-0.15, -0.1) is 11.8 Å². The Hall–Kier alpha value is -0.940. The van der Waals surface area contributed by atoms with Crippen molar-refractivity contribution in [1.29, 1.82) is 0 Å². The van der Waals surface area contributed by atoms with Gasteiger partial charge < -0.3 is 14.3 Å². The van der Waals surface area contributed by atoms with Gasteiger partial charge in [-0.3, -0.25) is 0 Å². The second-order valence-electron chi connectivity index (χ2n) is 3.97. The quantitative estimate of drug-likeness (QED) is 0.822. The third-order valence-corrected chi connectivity index (χ3v) is 3.88. The van der Waals surface area contributed by atoms with Gasteiger partial charge in [0.05, 0.1) is 19.0 Å². The van der Waals surface area contributed by atoms with Gasteiger partial charge in [0.15, 0.2) is 0 Å².